The molecule has 0 aliphatic heterocycles. The molecule has 2 heterocycles. The summed E-state index contributed by atoms with van der Waals surface area (Å²) in [7, 11) is 1.91. The minimum absolute atomic E-state index is 0.105. The molecule has 4 heteroatoms. The van der Waals surface area contributed by atoms with Gasteiger partial charge >= 0.3 is 0 Å². The van der Waals surface area contributed by atoms with Gasteiger partial charge in [0.1, 0.15) is 0 Å². The predicted octanol–water partition coefficient (Wildman–Crippen LogP) is 2.63. The van der Waals surface area contributed by atoms with E-state index in [9.17, 15) is 0 Å². The van der Waals surface area contributed by atoms with E-state index in [2.05, 4.69) is 15.3 Å². The van der Waals surface area contributed by atoms with Crippen molar-refractivity contribution in [3.05, 3.63) is 59.1 Å². The Bertz CT molecular complexity index is 473. The van der Waals surface area contributed by atoms with Gasteiger partial charge in [0.25, 0.3) is 0 Å². The van der Waals surface area contributed by atoms with Crippen molar-refractivity contribution in [2.45, 2.75) is 12.5 Å². The van der Waals surface area contributed by atoms with Gasteiger partial charge in [-0.3, -0.25) is 9.97 Å². The van der Waals surface area contributed by atoms with Gasteiger partial charge in [-0.1, -0.05) is 17.7 Å². The zero-order valence-electron chi connectivity index (χ0n) is 9.60. The highest BCUT2D eigenvalue weighted by atomic mass is 35.5. The van der Waals surface area contributed by atoms with E-state index in [-0.39, 0.29) is 6.04 Å². The molecule has 0 saturated carbocycles. The molecular weight excluding hydrogens is 234 g/mol. The van der Waals surface area contributed by atoms with Crippen LogP contribution in [0.3, 0.4) is 0 Å². The normalized spacial score (nSPS) is 12.4. The molecule has 0 aliphatic carbocycles. The van der Waals surface area contributed by atoms with Gasteiger partial charge in [-0.15, -0.1) is 0 Å². The highest BCUT2D eigenvalue weighted by Gasteiger charge is 2.14. The lowest BCUT2D eigenvalue weighted by atomic mass is 10.0. The minimum Gasteiger partial charge on any atom is -0.311 e. The third kappa shape index (κ3) is 3.02. The maximum atomic E-state index is 6.15. The number of aromatic nitrogens is 2. The molecule has 0 radical (unpaired) electrons. The van der Waals surface area contributed by atoms with Crippen LogP contribution in [-0.2, 0) is 6.42 Å². The topological polar surface area (TPSA) is 37.8 Å². The Balaban J connectivity index is 2.21. The van der Waals surface area contributed by atoms with Gasteiger partial charge in [0.15, 0.2) is 0 Å². The summed E-state index contributed by atoms with van der Waals surface area (Å²) in [4.78, 5) is 8.44. The highest BCUT2D eigenvalue weighted by molar-refractivity contribution is 6.31. The highest BCUT2D eigenvalue weighted by Crippen LogP contribution is 2.22. The molecule has 1 atom stereocenters. The molecule has 88 valence electrons. The first kappa shape index (κ1) is 12.0. The van der Waals surface area contributed by atoms with Crippen molar-refractivity contribution in [2.24, 2.45) is 0 Å². The molecule has 1 unspecified atom stereocenters. The van der Waals surface area contributed by atoms with Crippen LogP contribution in [0.4, 0.5) is 0 Å². The molecule has 1 N–H and O–H groups in total. The Morgan fingerprint density at radius 3 is 2.76 bits per heavy atom. The Hall–Kier alpha value is -1.45. The van der Waals surface area contributed by atoms with E-state index >= 15 is 0 Å². The summed E-state index contributed by atoms with van der Waals surface area (Å²) in [5, 5.41) is 3.92. The van der Waals surface area contributed by atoms with E-state index in [4.69, 9.17) is 11.6 Å². The fourth-order valence-electron chi connectivity index (χ4n) is 1.74. The summed E-state index contributed by atoms with van der Waals surface area (Å²) >= 11 is 6.15. The van der Waals surface area contributed by atoms with Gasteiger partial charge in [-0.25, -0.2) is 0 Å². The van der Waals surface area contributed by atoms with Crippen LogP contribution >= 0.6 is 11.6 Å². The molecule has 0 bridgehead atoms. The number of nitrogens with zero attached hydrogens (tertiary/aromatic N) is 2. The van der Waals surface area contributed by atoms with E-state index < -0.39 is 0 Å². The first-order valence-electron chi connectivity index (χ1n) is 5.48. The standard InChI is InChI=1S/C13H14ClN3/c1-15-12(8-10-4-2-6-16-9-10)13-11(14)5-3-7-17-13/h2-7,9,12,15H,8H2,1H3. The lowest BCUT2D eigenvalue weighted by Crippen LogP contribution is -2.20. The van der Waals surface area contributed by atoms with E-state index in [1.54, 1.807) is 12.4 Å². The van der Waals surface area contributed by atoms with Crippen LogP contribution in [0.2, 0.25) is 5.02 Å². The molecule has 0 saturated heterocycles. The molecule has 0 aliphatic rings. The fourth-order valence-corrected chi connectivity index (χ4v) is 2.00. The lowest BCUT2D eigenvalue weighted by molar-refractivity contribution is 0.575. The molecular formula is C13H14ClN3. The molecule has 0 fully saturated rings. The van der Waals surface area contributed by atoms with Crippen LogP contribution in [0.5, 0.6) is 0 Å². The lowest BCUT2D eigenvalue weighted by Gasteiger charge is -2.16. The molecule has 2 aromatic heterocycles. The van der Waals surface area contributed by atoms with Crippen LogP contribution in [0, 0.1) is 0 Å². The minimum atomic E-state index is 0.105. The van der Waals surface area contributed by atoms with Crippen LogP contribution in [0.25, 0.3) is 0 Å². The summed E-state index contributed by atoms with van der Waals surface area (Å²) in [6.07, 6.45) is 6.21. The van der Waals surface area contributed by atoms with Crippen molar-refractivity contribution >= 4 is 11.6 Å². The average molecular weight is 248 g/mol. The fraction of sp³-hybridized carbons (Fsp3) is 0.231. The average Bonchev–Trinajstić information content (AvgIpc) is 2.38. The van der Waals surface area contributed by atoms with E-state index in [0.29, 0.717) is 5.02 Å². The van der Waals surface area contributed by atoms with Crippen molar-refractivity contribution in [2.75, 3.05) is 7.05 Å². The zero-order chi connectivity index (χ0) is 12.1. The van der Waals surface area contributed by atoms with E-state index in [1.807, 2.05) is 37.5 Å². The van der Waals surface area contributed by atoms with E-state index in [1.165, 1.54) is 0 Å². The van der Waals surface area contributed by atoms with Crippen molar-refractivity contribution in [3.63, 3.8) is 0 Å². The van der Waals surface area contributed by atoms with Gasteiger partial charge in [-0.05, 0) is 37.2 Å². The van der Waals surface area contributed by atoms with Gasteiger partial charge in [0.05, 0.1) is 16.8 Å². The third-order valence-corrected chi connectivity index (χ3v) is 2.95. The molecule has 2 aromatic rings. The Morgan fingerprint density at radius 2 is 2.12 bits per heavy atom. The summed E-state index contributed by atoms with van der Waals surface area (Å²) in [5.74, 6) is 0. The first-order chi connectivity index (χ1) is 8.31. The smallest absolute Gasteiger partial charge is 0.0762 e. The van der Waals surface area contributed by atoms with E-state index in [0.717, 1.165) is 17.7 Å². The maximum Gasteiger partial charge on any atom is 0.0762 e. The molecule has 3 nitrogen and oxygen atoms in total. The van der Waals surface area contributed by atoms with Crippen molar-refractivity contribution in [1.29, 1.82) is 0 Å². The van der Waals surface area contributed by atoms with Gasteiger partial charge in [0, 0.05) is 18.6 Å². The summed E-state index contributed by atoms with van der Waals surface area (Å²) < 4.78 is 0. The van der Waals surface area contributed by atoms with Crippen molar-refractivity contribution in [1.82, 2.24) is 15.3 Å². The summed E-state index contributed by atoms with van der Waals surface area (Å²) in [5.41, 5.74) is 2.04. The molecule has 0 aromatic carbocycles. The largest absolute Gasteiger partial charge is 0.311 e. The molecule has 17 heavy (non-hydrogen) atoms. The zero-order valence-corrected chi connectivity index (χ0v) is 10.4. The van der Waals surface area contributed by atoms with Gasteiger partial charge in [-0.2, -0.15) is 0 Å². The number of halogens is 1. The predicted molar refractivity (Wildman–Crippen MR) is 69.0 cm³/mol. The van der Waals surface area contributed by atoms with Crippen LogP contribution < -0.4 is 5.32 Å². The number of likely N-dealkylation sites (N-methyl/N-ethyl adjacent to an activating group) is 1. The molecule has 0 spiro atoms. The number of hydrogen-bond donors (Lipinski definition) is 1. The Morgan fingerprint density at radius 1 is 1.29 bits per heavy atom. The third-order valence-electron chi connectivity index (χ3n) is 2.63. The molecule has 0 amide bonds. The number of pyridine rings is 2. The Labute approximate surface area is 106 Å². The van der Waals surface area contributed by atoms with Gasteiger partial charge < -0.3 is 5.32 Å². The number of nitrogens with one attached hydrogen (secondary N) is 1. The molecule has 2 rings (SSSR count). The summed E-state index contributed by atoms with van der Waals surface area (Å²) in [6.45, 7) is 0. The monoisotopic (exact) mass is 247 g/mol. The SMILES string of the molecule is CNC(Cc1cccnc1)c1ncccc1Cl. The van der Waals surface area contributed by atoms with Crippen molar-refractivity contribution < 1.29 is 0 Å². The van der Waals surface area contributed by atoms with Crippen molar-refractivity contribution in [3.8, 4) is 0 Å². The second-order valence-corrected chi connectivity index (χ2v) is 4.18. The van der Waals surface area contributed by atoms with Gasteiger partial charge in [0.2, 0.25) is 0 Å². The second-order valence-electron chi connectivity index (χ2n) is 3.78. The number of rotatable bonds is 4. The summed E-state index contributed by atoms with van der Waals surface area (Å²) in [6, 6.07) is 7.78. The Kier molecular flexibility index (Phi) is 4.07. The second kappa shape index (κ2) is 5.75. The van der Waals surface area contributed by atoms with Crippen LogP contribution in [-0.4, -0.2) is 17.0 Å². The van der Waals surface area contributed by atoms with Crippen LogP contribution in [0.15, 0.2) is 42.9 Å². The maximum absolute atomic E-state index is 6.15. The first-order valence-corrected chi connectivity index (χ1v) is 5.85. The van der Waals surface area contributed by atoms with Crippen LogP contribution in [0.1, 0.15) is 17.3 Å². The number of hydrogen-bond acceptors (Lipinski definition) is 3. The quantitative estimate of drug-likeness (QED) is 0.903.